The van der Waals surface area contributed by atoms with Crippen LogP contribution in [0.3, 0.4) is 0 Å². The molecule has 2 aromatic carbocycles. The number of nitriles is 1. The number of rotatable bonds is 6. The molecule has 24 heavy (non-hydrogen) atoms. The molecule has 0 aliphatic rings. The van der Waals surface area contributed by atoms with Gasteiger partial charge in [0.25, 0.3) is 5.91 Å². The molecule has 0 bridgehead atoms. The van der Waals surface area contributed by atoms with Crippen molar-refractivity contribution in [2.75, 3.05) is 12.4 Å². The number of methoxy groups -OCH3 is 1. The molecule has 2 N–H and O–H groups in total. The molecule has 0 saturated carbocycles. The lowest BCUT2D eigenvalue weighted by molar-refractivity contribution is -0.117. The number of nitrogens with one attached hydrogen (secondary N) is 2. The quantitative estimate of drug-likeness (QED) is 0.632. The lowest BCUT2D eigenvalue weighted by Gasteiger charge is -2.06. The Kier molecular flexibility index (Phi) is 5.92. The molecule has 0 saturated heterocycles. The molecule has 5 nitrogen and oxygen atoms in total. The fourth-order valence-corrected chi connectivity index (χ4v) is 1.90. The molecule has 6 heteroatoms. The number of hydrogen-bond acceptors (Lipinski definition) is 4. The first-order valence-corrected chi connectivity index (χ1v) is 7.16. The number of ether oxygens (including phenoxy) is 1. The standard InChI is InChI=1S/C18H16FN3O2/c1-24-15-8-6-13(7-9-15)11-22-18(23)14(10-20)12-21-17-5-3-2-4-16(17)19/h2-9,12,21H,11H2,1H3,(H,22,23)/b14-12-. The van der Waals surface area contributed by atoms with Crippen molar-refractivity contribution < 1.29 is 13.9 Å². The third-order valence-electron chi connectivity index (χ3n) is 3.22. The zero-order valence-electron chi connectivity index (χ0n) is 13.0. The Labute approximate surface area is 139 Å². The molecular formula is C18H16FN3O2. The van der Waals surface area contributed by atoms with Gasteiger partial charge >= 0.3 is 0 Å². The number of benzene rings is 2. The van der Waals surface area contributed by atoms with Crippen molar-refractivity contribution in [3.05, 3.63) is 71.7 Å². The highest BCUT2D eigenvalue weighted by Gasteiger charge is 2.09. The molecule has 0 heterocycles. The van der Waals surface area contributed by atoms with Crippen LogP contribution in [-0.4, -0.2) is 13.0 Å². The summed E-state index contributed by atoms with van der Waals surface area (Å²) in [5.41, 5.74) is 0.906. The minimum absolute atomic E-state index is 0.147. The first-order valence-electron chi connectivity index (χ1n) is 7.16. The van der Waals surface area contributed by atoms with Crippen molar-refractivity contribution in [2.24, 2.45) is 0 Å². The van der Waals surface area contributed by atoms with Crippen LogP contribution in [0, 0.1) is 17.1 Å². The van der Waals surface area contributed by atoms with Crippen LogP contribution in [0.4, 0.5) is 10.1 Å². The summed E-state index contributed by atoms with van der Waals surface area (Å²) in [5, 5.41) is 14.3. The fourth-order valence-electron chi connectivity index (χ4n) is 1.90. The molecule has 0 atom stereocenters. The van der Waals surface area contributed by atoms with Gasteiger partial charge in [-0.25, -0.2) is 4.39 Å². The number of carbonyl (C=O) groups excluding carboxylic acids is 1. The van der Waals surface area contributed by atoms with Gasteiger partial charge in [-0.15, -0.1) is 0 Å². The van der Waals surface area contributed by atoms with Crippen LogP contribution in [0.1, 0.15) is 5.56 Å². The molecule has 0 fully saturated rings. The molecule has 1 amide bonds. The lowest BCUT2D eigenvalue weighted by atomic mass is 10.2. The Hall–Kier alpha value is -3.33. The van der Waals surface area contributed by atoms with E-state index in [9.17, 15) is 9.18 Å². The topological polar surface area (TPSA) is 74.1 Å². The number of halogens is 1. The third-order valence-corrected chi connectivity index (χ3v) is 3.22. The molecule has 0 unspecified atom stereocenters. The molecule has 122 valence electrons. The first-order chi connectivity index (χ1) is 11.6. The number of amides is 1. The van der Waals surface area contributed by atoms with Gasteiger partial charge in [-0.3, -0.25) is 4.79 Å². The van der Waals surface area contributed by atoms with Gasteiger partial charge < -0.3 is 15.4 Å². The van der Waals surface area contributed by atoms with Crippen molar-refractivity contribution in [1.29, 1.82) is 5.26 Å². The first kappa shape index (κ1) is 17.0. The summed E-state index contributed by atoms with van der Waals surface area (Å²) in [5.74, 6) is -0.293. The van der Waals surface area contributed by atoms with Gasteiger partial charge in [-0.1, -0.05) is 24.3 Å². The van der Waals surface area contributed by atoms with Crippen LogP contribution >= 0.6 is 0 Å². The van der Waals surface area contributed by atoms with E-state index in [1.54, 1.807) is 37.4 Å². The highest BCUT2D eigenvalue weighted by Crippen LogP contribution is 2.13. The Bertz CT molecular complexity index is 780. The fraction of sp³-hybridized carbons (Fsp3) is 0.111. The van der Waals surface area contributed by atoms with E-state index < -0.39 is 11.7 Å². The van der Waals surface area contributed by atoms with E-state index in [1.165, 1.54) is 18.3 Å². The zero-order valence-corrected chi connectivity index (χ0v) is 13.0. The zero-order chi connectivity index (χ0) is 17.4. The molecule has 0 aliphatic heterocycles. The maximum absolute atomic E-state index is 13.5. The smallest absolute Gasteiger partial charge is 0.263 e. The van der Waals surface area contributed by atoms with Gasteiger partial charge in [-0.2, -0.15) is 5.26 Å². The monoisotopic (exact) mass is 325 g/mol. The molecule has 0 spiro atoms. The van der Waals surface area contributed by atoms with Gasteiger partial charge in [-0.05, 0) is 29.8 Å². The van der Waals surface area contributed by atoms with Crippen molar-refractivity contribution in [2.45, 2.75) is 6.54 Å². The van der Waals surface area contributed by atoms with Crippen molar-refractivity contribution in [3.8, 4) is 11.8 Å². The summed E-state index contributed by atoms with van der Waals surface area (Å²) in [6.07, 6.45) is 1.18. The van der Waals surface area contributed by atoms with Crippen molar-refractivity contribution in [3.63, 3.8) is 0 Å². The van der Waals surface area contributed by atoms with Gasteiger partial charge in [0.15, 0.2) is 0 Å². The summed E-state index contributed by atoms with van der Waals surface area (Å²) in [4.78, 5) is 12.0. The lowest BCUT2D eigenvalue weighted by Crippen LogP contribution is -2.24. The maximum atomic E-state index is 13.5. The average Bonchev–Trinajstić information content (AvgIpc) is 2.62. The second kappa shape index (κ2) is 8.34. The number of para-hydroxylation sites is 1. The number of anilines is 1. The summed E-state index contributed by atoms with van der Waals surface area (Å²) in [6, 6.07) is 15.0. The van der Waals surface area contributed by atoms with E-state index in [0.29, 0.717) is 0 Å². The third kappa shape index (κ3) is 4.58. The Balaban J connectivity index is 1.97. The predicted molar refractivity (Wildman–Crippen MR) is 88.6 cm³/mol. The Morgan fingerprint density at radius 2 is 1.96 bits per heavy atom. The SMILES string of the molecule is COc1ccc(CNC(=O)/C(C#N)=C\Nc2ccccc2F)cc1. The number of nitrogens with zero attached hydrogens (tertiary/aromatic N) is 1. The largest absolute Gasteiger partial charge is 0.497 e. The van der Waals surface area contributed by atoms with E-state index >= 15 is 0 Å². The van der Waals surface area contributed by atoms with E-state index in [4.69, 9.17) is 10.00 Å². The van der Waals surface area contributed by atoms with E-state index in [2.05, 4.69) is 10.6 Å². The van der Waals surface area contributed by atoms with Crippen LogP contribution in [0.15, 0.2) is 60.3 Å². The molecule has 2 aromatic rings. The second-order valence-corrected chi connectivity index (χ2v) is 4.82. The Morgan fingerprint density at radius 3 is 2.58 bits per heavy atom. The highest BCUT2D eigenvalue weighted by molar-refractivity contribution is 5.97. The second-order valence-electron chi connectivity index (χ2n) is 4.82. The average molecular weight is 325 g/mol. The molecule has 0 aliphatic carbocycles. The summed E-state index contributed by atoms with van der Waals surface area (Å²) < 4.78 is 18.5. The van der Waals surface area contributed by atoms with Crippen LogP contribution in [-0.2, 0) is 11.3 Å². The van der Waals surface area contributed by atoms with Gasteiger partial charge in [0.1, 0.15) is 23.2 Å². The van der Waals surface area contributed by atoms with Crippen LogP contribution in [0.5, 0.6) is 5.75 Å². The number of hydrogen-bond donors (Lipinski definition) is 2. The minimum atomic E-state index is -0.544. The van der Waals surface area contributed by atoms with Crippen molar-refractivity contribution >= 4 is 11.6 Å². The molecule has 2 rings (SSSR count). The molecular weight excluding hydrogens is 309 g/mol. The predicted octanol–water partition coefficient (Wildman–Crippen LogP) is 2.97. The van der Waals surface area contributed by atoms with Crippen LogP contribution in [0.25, 0.3) is 0 Å². The highest BCUT2D eigenvalue weighted by atomic mass is 19.1. The van der Waals surface area contributed by atoms with Crippen LogP contribution in [0.2, 0.25) is 0 Å². The molecule has 0 radical (unpaired) electrons. The van der Waals surface area contributed by atoms with E-state index in [0.717, 1.165) is 11.3 Å². The van der Waals surface area contributed by atoms with E-state index in [1.807, 2.05) is 12.1 Å². The van der Waals surface area contributed by atoms with Gasteiger partial charge in [0.2, 0.25) is 0 Å². The maximum Gasteiger partial charge on any atom is 0.263 e. The Morgan fingerprint density at radius 1 is 1.25 bits per heavy atom. The molecule has 0 aromatic heterocycles. The summed E-state index contributed by atoms with van der Waals surface area (Å²) in [6.45, 7) is 0.265. The van der Waals surface area contributed by atoms with Gasteiger partial charge in [0, 0.05) is 12.7 Å². The normalized spacial score (nSPS) is 10.6. The van der Waals surface area contributed by atoms with Crippen molar-refractivity contribution in [1.82, 2.24) is 5.32 Å². The van der Waals surface area contributed by atoms with E-state index in [-0.39, 0.29) is 17.8 Å². The van der Waals surface area contributed by atoms with Crippen LogP contribution < -0.4 is 15.4 Å². The summed E-state index contributed by atoms with van der Waals surface area (Å²) in [7, 11) is 1.57. The minimum Gasteiger partial charge on any atom is -0.497 e. The summed E-state index contributed by atoms with van der Waals surface area (Å²) >= 11 is 0. The van der Waals surface area contributed by atoms with Gasteiger partial charge in [0.05, 0.1) is 12.8 Å². The number of carbonyl (C=O) groups is 1.